The second-order valence-corrected chi connectivity index (χ2v) is 11.2. The zero-order chi connectivity index (χ0) is 32.3. The van der Waals surface area contributed by atoms with Crippen molar-refractivity contribution in [2.75, 3.05) is 13.2 Å². The lowest BCUT2D eigenvalue weighted by molar-refractivity contribution is -0.384. The lowest BCUT2D eigenvalue weighted by atomic mass is 9.97. The first-order valence-electron chi connectivity index (χ1n) is 14.9. The van der Waals surface area contributed by atoms with Gasteiger partial charge in [0.1, 0.15) is 0 Å². The molecule has 0 aliphatic rings. The van der Waals surface area contributed by atoms with Crippen molar-refractivity contribution >= 4 is 45.8 Å². The Labute approximate surface area is 267 Å². The smallest absolute Gasteiger partial charge is 0.413 e. The van der Waals surface area contributed by atoms with Gasteiger partial charge < -0.3 is 19.5 Å². The number of nitrogens with one attached hydrogen (secondary N) is 2. The van der Waals surface area contributed by atoms with Crippen molar-refractivity contribution in [1.29, 1.82) is 0 Å². The molecule has 0 fully saturated rings. The summed E-state index contributed by atoms with van der Waals surface area (Å²) in [6, 6.07) is 20.2. The number of imidazole rings is 1. The first-order valence-corrected chi connectivity index (χ1v) is 15.3. The molecule has 0 spiro atoms. The van der Waals surface area contributed by atoms with Crippen LogP contribution in [0, 0.1) is 16.0 Å². The van der Waals surface area contributed by atoms with Gasteiger partial charge in [-0.15, -0.1) is 0 Å². The topological polar surface area (TPSA) is 132 Å². The number of nitro groups is 1. The molecule has 12 heteroatoms. The maximum Gasteiger partial charge on any atom is 0.413 e. The second-order valence-electron chi connectivity index (χ2n) is 10.8. The Morgan fingerprint density at radius 2 is 1.82 bits per heavy atom. The van der Waals surface area contributed by atoms with Crippen LogP contribution in [-0.4, -0.2) is 55.7 Å². The fourth-order valence-corrected chi connectivity index (χ4v) is 5.28. The number of carbonyl (C=O) groups is 2. The van der Waals surface area contributed by atoms with Gasteiger partial charge in [-0.3, -0.25) is 20.2 Å². The van der Waals surface area contributed by atoms with E-state index in [0.29, 0.717) is 25.3 Å². The molecule has 0 aliphatic carbocycles. The molecule has 0 aliphatic heterocycles. The predicted octanol–water partition coefficient (Wildman–Crippen LogP) is 5.60. The Balaban J connectivity index is 1.51. The van der Waals surface area contributed by atoms with Crippen molar-refractivity contribution in [3.63, 3.8) is 0 Å². The van der Waals surface area contributed by atoms with Gasteiger partial charge in [0.05, 0.1) is 24.3 Å². The van der Waals surface area contributed by atoms with Crippen molar-refractivity contribution in [3.8, 4) is 0 Å². The van der Waals surface area contributed by atoms with Crippen LogP contribution < -0.4 is 10.6 Å². The molecule has 1 heterocycles. The number of thiocarbonyl (C=S) groups is 1. The average Bonchev–Trinajstić information content (AvgIpc) is 3.46. The van der Waals surface area contributed by atoms with Crippen LogP contribution in [0.15, 0.2) is 79.3 Å². The number of benzene rings is 3. The van der Waals surface area contributed by atoms with Crippen molar-refractivity contribution in [1.82, 2.24) is 25.1 Å². The van der Waals surface area contributed by atoms with Crippen LogP contribution in [0.2, 0.25) is 0 Å². The van der Waals surface area contributed by atoms with Gasteiger partial charge in [-0.1, -0.05) is 74.9 Å². The summed E-state index contributed by atoms with van der Waals surface area (Å²) < 4.78 is 6.93. The van der Waals surface area contributed by atoms with E-state index < -0.39 is 11.0 Å². The minimum Gasteiger partial charge on any atom is -0.450 e. The van der Waals surface area contributed by atoms with Crippen LogP contribution >= 0.6 is 12.2 Å². The van der Waals surface area contributed by atoms with Crippen molar-refractivity contribution in [2.45, 2.75) is 52.7 Å². The van der Waals surface area contributed by atoms with Gasteiger partial charge in [-0.2, -0.15) is 0 Å². The van der Waals surface area contributed by atoms with E-state index in [1.807, 2.05) is 45.9 Å². The van der Waals surface area contributed by atoms with E-state index in [4.69, 9.17) is 17.0 Å². The van der Waals surface area contributed by atoms with Crippen molar-refractivity contribution < 1.29 is 19.2 Å². The molecule has 0 radical (unpaired) electrons. The minimum absolute atomic E-state index is 0.0199. The third-order valence-corrected chi connectivity index (χ3v) is 8.11. The molecule has 0 bridgehead atoms. The number of nitro benzene ring substituents is 1. The number of amides is 2. The number of hydrogen-bond donors (Lipinski definition) is 2. The summed E-state index contributed by atoms with van der Waals surface area (Å²) in [5.74, 6) is -0.0838. The second kappa shape index (κ2) is 15.8. The quantitative estimate of drug-likeness (QED) is 0.111. The molecule has 2 atom stereocenters. The van der Waals surface area contributed by atoms with Crippen LogP contribution in [0.5, 0.6) is 0 Å². The van der Waals surface area contributed by atoms with E-state index in [-0.39, 0.29) is 41.7 Å². The number of nitrogens with zero attached hydrogens (tertiary/aromatic N) is 4. The summed E-state index contributed by atoms with van der Waals surface area (Å²) in [4.78, 5) is 42.4. The number of hydrogen-bond acceptors (Lipinski definition) is 7. The number of alkyl carbamates (subject to hydrolysis) is 1. The summed E-state index contributed by atoms with van der Waals surface area (Å²) in [5.41, 5.74) is 2.61. The molecule has 0 saturated carbocycles. The molecular formula is C33H38N6O5S. The Hall–Kier alpha value is -4.84. The maximum atomic E-state index is 13.4. The van der Waals surface area contributed by atoms with Crippen LogP contribution in [0.1, 0.15) is 44.0 Å². The summed E-state index contributed by atoms with van der Waals surface area (Å²) in [5, 5.41) is 19.3. The lowest BCUT2D eigenvalue weighted by Crippen LogP contribution is -2.52. The Morgan fingerprint density at radius 1 is 1.09 bits per heavy atom. The highest BCUT2D eigenvalue weighted by atomic mass is 32.1. The first kappa shape index (κ1) is 33.1. The van der Waals surface area contributed by atoms with Crippen LogP contribution in [0.3, 0.4) is 0 Å². The van der Waals surface area contributed by atoms with Gasteiger partial charge in [-0.25, -0.2) is 9.78 Å². The highest BCUT2D eigenvalue weighted by Gasteiger charge is 2.25. The van der Waals surface area contributed by atoms with E-state index in [9.17, 15) is 19.7 Å². The number of carbonyl (C=O) groups excluding carboxylic acids is 2. The van der Waals surface area contributed by atoms with Gasteiger partial charge in [0.15, 0.2) is 5.11 Å². The van der Waals surface area contributed by atoms with Gasteiger partial charge in [0.2, 0.25) is 5.91 Å². The van der Waals surface area contributed by atoms with Crippen molar-refractivity contribution in [2.24, 2.45) is 5.92 Å². The molecule has 45 heavy (non-hydrogen) atoms. The molecule has 0 unspecified atom stereocenters. The highest BCUT2D eigenvalue weighted by molar-refractivity contribution is 7.80. The third kappa shape index (κ3) is 9.08. The summed E-state index contributed by atoms with van der Waals surface area (Å²) in [6.45, 7) is 7.26. The summed E-state index contributed by atoms with van der Waals surface area (Å²) >= 11 is 5.69. The van der Waals surface area contributed by atoms with E-state index in [2.05, 4.69) is 35.5 Å². The van der Waals surface area contributed by atoms with Gasteiger partial charge >= 0.3 is 6.09 Å². The highest BCUT2D eigenvalue weighted by Crippen LogP contribution is 2.21. The maximum absolute atomic E-state index is 13.4. The average molecular weight is 631 g/mol. The Bertz CT molecular complexity index is 1630. The SMILES string of the molecule is CCOC(=O)NC(=S)N(Cc1cccc2ccccc12)C[C@@H](NC(=O)Cc1cncn1Cc1ccc([N+](=O)[O-])cc1)[C@@H](C)CC. The molecule has 4 rings (SSSR count). The normalized spacial score (nSPS) is 12.2. The molecule has 236 valence electrons. The number of aromatic nitrogens is 2. The van der Waals surface area contributed by atoms with Crippen LogP contribution in [0.25, 0.3) is 10.8 Å². The van der Waals surface area contributed by atoms with Gasteiger partial charge in [-0.05, 0) is 47.0 Å². The number of fused-ring (bicyclic) bond motifs is 1. The fourth-order valence-electron chi connectivity index (χ4n) is 5.06. The molecule has 1 aromatic heterocycles. The minimum atomic E-state index is -0.629. The summed E-state index contributed by atoms with van der Waals surface area (Å²) in [6.07, 6.45) is 3.56. The van der Waals surface area contributed by atoms with Crippen molar-refractivity contribution in [3.05, 3.63) is 106 Å². The number of rotatable bonds is 13. The predicted molar refractivity (Wildman–Crippen MR) is 177 cm³/mol. The van der Waals surface area contributed by atoms with E-state index in [1.165, 1.54) is 12.1 Å². The Kier molecular flexibility index (Phi) is 11.6. The van der Waals surface area contributed by atoms with Crippen LogP contribution in [0.4, 0.5) is 10.5 Å². The zero-order valence-electron chi connectivity index (χ0n) is 25.6. The summed E-state index contributed by atoms with van der Waals surface area (Å²) in [7, 11) is 0. The van der Waals surface area contributed by atoms with Gasteiger partial charge in [0, 0.05) is 49.7 Å². The molecule has 2 N–H and O–H groups in total. The largest absolute Gasteiger partial charge is 0.450 e. The first-order chi connectivity index (χ1) is 21.7. The monoisotopic (exact) mass is 630 g/mol. The number of non-ortho nitro benzene ring substituents is 1. The standard InChI is InChI=1S/C33H38N6O5S/c1-4-23(3)30(35-31(40)17-28-18-34-22-38(28)19-24-13-15-27(16-14-24)39(42)43)21-37(32(45)36-33(41)44-5-2)20-26-11-8-10-25-9-6-7-12-29(25)26/h6-16,18,22-23,30H,4-5,17,19-21H2,1-3H3,(H,35,40)(H,36,41,45)/t23-,30+/m0/s1. The third-order valence-electron chi connectivity index (χ3n) is 7.75. The van der Waals surface area contributed by atoms with E-state index in [0.717, 1.165) is 28.3 Å². The molecule has 2 amide bonds. The molecule has 0 saturated heterocycles. The van der Waals surface area contributed by atoms with E-state index >= 15 is 0 Å². The lowest BCUT2D eigenvalue weighted by Gasteiger charge is -2.33. The number of ether oxygens (including phenoxy) is 1. The molecule has 4 aromatic rings. The van der Waals surface area contributed by atoms with E-state index in [1.54, 1.807) is 31.6 Å². The molecule has 11 nitrogen and oxygen atoms in total. The molecular weight excluding hydrogens is 592 g/mol. The van der Waals surface area contributed by atoms with Crippen LogP contribution in [-0.2, 0) is 29.0 Å². The van der Waals surface area contributed by atoms with Gasteiger partial charge in [0.25, 0.3) is 5.69 Å². The Morgan fingerprint density at radius 3 is 2.53 bits per heavy atom. The zero-order valence-corrected chi connectivity index (χ0v) is 26.5. The fraction of sp³-hybridized carbons (Fsp3) is 0.333. The molecule has 3 aromatic carbocycles.